The first kappa shape index (κ1) is 17.5. The molecule has 1 atom stereocenters. The van der Waals surface area contributed by atoms with Gasteiger partial charge in [-0.1, -0.05) is 36.4 Å². The largest absolute Gasteiger partial charge is 0.506 e. The molecule has 1 amide bonds. The number of sulfone groups is 1. The number of hydrogen-bond acceptors (Lipinski definition) is 4. The summed E-state index contributed by atoms with van der Waals surface area (Å²) in [5.74, 6) is -0.231. The first-order chi connectivity index (χ1) is 11.9. The number of anilines is 1. The summed E-state index contributed by atoms with van der Waals surface area (Å²) in [6.07, 6.45) is 0.543. The van der Waals surface area contributed by atoms with Crippen molar-refractivity contribution in [1.82, 2.24) is 0 Å². The van der Waals surface area contributed by atoms with Crippen LogP contribution in [-0.2, 0) is 21.1 Å². The molecule has 0 saturated carbocycles. The average Bonchev–Trinajstić information content (AvgIpc) is 2.91. The Morgan fingerprint density at radius 1 is 1.20 bits per heavy atom. The summed E-state index contributed by atoms with van der Waals surface area (Å²) < 4.78 is 23.8. The summed E-state index contributed by atoms with van der Waals surface area (Å²) >= 11 is 0. The molecule has 2 aromatic rings. The zero-order valence-electron chi connectivity index (χ0n) is 14.1. The van der Waals surface area contributed by atoms with Crippen LogP contribution in [0.3, 0.4) is 0 Å². The van der Waals surface area contributed by atoms with Crippen LogP contribution < -0.4 is 4.90 Å². The van der Waals surface area contributed by atoms with Crippen LogP contribution in [0.2, 0.25) is 0 Å². The Bertz CT molecular complexity index is 878. The molecule has 0 radical (unpaired) electrons. The van der Waals surface area contributed by atoms with Gasteiger partial charge in [-0.25, -0.2) is 8.42 Å². The molecule has 0 spiro atoms. The molecule has 6 heteroatoms. The van der Waals surface area contributed by atoms with E-state index in [1.165, 1.54) is 11.0 Å². The lowest BCUT2D eigenvalue weighted by atomic mass is 10.1. The third-order valence-corrected chi connectivity index (χ3v) is 6.18. The number of carbonyl (C=O) groups excluding carboxylic acids is 1. The molecule has 1 aliphatic rings. The number of aryl methyl sites for hydroxylation is 1. The van der Waals surface area contributed by atoms with Gasteiger partial charge in [0.25, 0.3) is 0 Å². The van der Waals surface area contributed by atoms with Crippen LogP contribution in [0.15, 0.2) is 48.5 Å². The van der Waals surface area contributed by atoms with Crippen LogP contribution in [0.1, 0.15) is 17.5 Å². The molecule has 1 fully saturated rings. The van der Waals surface area contributed by atoms with Crippen molar-refractivity contribution in [2.24, 2.45) is 0 Å². The van der Waals surface area contributed by atoms with Gasteiger partial charge in [0.05, 0.1) is 29.7 Å². The fourth-order valence-corrected chi connectivity index (χ4v) is 4.90. The summed E-state index contributed by atoms with van der Waals surface area (Å²) in [4.78, 5) is 14.5. The quantitative estimate of drug-likeness (QED) is 0.910. The van der Waals surface area contributed by atoms with Crippen molar-refractivity contribution in [3.8, 4) is 5.75 Å². The molecule has 3 rings (SSSR count). The molecule has 1 saturated heterocycles. The highest BCUT2D eigenvalue weighted by molar-refractivity contribution is 7.91. The number of rotatable bonds is 4. The molecule has 5 nitrogen and oxygen atoms in total. The number of benzene rings is 2. The number of carbonyl (C=O) groups is 1. The third-order valence-electron chi connectivity index (χ3n) is 4.43. The van der Waals surface area contributed by atoms with Gasteiger partial charge in [0, 0.05) is 0 Å². The van der Waals surface area contributed by atoms with E-state index in [1.807, 2.05) is 37.3 Å². The number of amides is 1. The maximum absolute atomic E-state index is 13.0. The summed E-state index contributed by atoms with van der Waals surface area (Å²) in [5.41, 5.74) is 2.12. The van der Waals surface area contributed by atoms with Gasteiger partial charge in [0.1, 0.15) is 5.75 Å². The Labute approximate surface area is 147 Å². The highest BCUT2D eigenvalue weighted by atomic mass is 32.2. The number of phenols is 1. The van der Waals surface area contributed by atoms with Gasteiger partial charge < -0.3 is 10.0 Å². The van der Waals surface area contributed by atoms with Crippen LogP contribution >= 0.6 is 0 Å². The van der Waals surface area contributed by atoms with E-state index in [0.717, 1.165) is 11.1 Å². The van der Waals surface area contributed by atoms with Crippen molar-refractivity contribution >= 4 is 21.4 Å². The predicted octanol–water partition coefficient (Wildman–Crippen LogP) is 2.46. The van der Waals surface area contributed by atoms with Crippen molar-refractivity contribution in [3.05, 3.63) is 59.7 Å². The molecule has 2 aromatic carbocycles. The van der Waals surface area contributed by atoms with Crippen molar-refractivity contribution in [1.29, 1.82) is 0 Å². The smallest absolute Gasteiger partial charge is 0.231 e. The predicted molar refractivity (Wildman–Crippen MR) is 97.5 cm³/mol. The van der Waals surface area contributed by atoms with Crippen molar-refractivity contribution in [2.45, 2.75) is 25.8 Å². The Kier molecular flexibility index (Phi) is 4.81. The lowest BCUT2D eigenvalue weighted by Crippen LogP contribution is -2.42. The van der Waals surface area contributed by atoms with E-state index in [-0.39, 0.29) is 29.6 Å². The summed E-state index contributed by atoms with van der Waals surface area (Å²) in [5, 5.41) is 10.3. The van der Waals surface area contributed by atoms with Gasteiger partial charge in [-0.15, -0.1) is 0 Å². The zero-order valence-corrected chi connectivity index (χ0v) is 14.9. The van der Waals surface area contributed by atoms with Crippen LogP contribution in [0.25, 0.3) is 0 Å². The lowest BCUT2D eigenvalue weighted by molar-refractivity contribution is -0.118. The monoisotopic (exact) mass is 359 g/mol. The van der Waals surface area contributed by atoms with Crippen molar-refractivity contribution in [2.75, 3.05) is 16.4 Å². The highest BCUT2D eigenvalue weighted by Gasteiger charge is 2.36. The van der Waals surface area contributed by atoms with Crippen LogP contribution in [-0.4, -0.2) is 37.0 Å². The Balaban J connectivity index is 1.97. The van der Waals surface area contributed by atoms with Gasteiger partial charge in [-0.2, -0.15) is 0 Å². The third kappa shape index (κ3) is 4.02. The van der Waals surface area contributed by atoms with E-state index in [4.69, 9.17) is 0 Å². The molecule has 0 aliphatic carbocycles. The van der Waals surface area contributed by atoms with E-state index in [2.05, 4.69) is 0 Å². The van der Waals surface area contributed by atoms with Gasteiger partial charge in [0.15, 0.2) is 9.84 Å². The van der Waals surface area contributed by atoms with Gasteiger partial charge in [-0.05, 0) is 36.6 Å². The number of aromatic hydroxyl groups is 1. The van der Waals surface area contributed by atoms with E-state index in [1.54, 1.807) is 12.1 Å². The number of hydrogen-bond donors (Lipinski definition) is 1. The number of phenolic OH excluding ortho intramolecular Hbond substituents is 1. The molecule has 25 heavy (non-hydrogen) atoms. The van der Waals surface area contributed by atoms with Gasteiger partial charge in [0.2, 0.25) is 5.91 Å². The lowest BCUT2D eigenvalue weighted by Gasteiger charge is -2.29. The van der Waals surface area contributed by atoms with E-state index >= 15 is 0 Å². The maximum Gasteiger partial charge on any atom is 0.231 e. The maximum atomic E-state index is 13.0. The number of nitrogens with zero attached hydrogens (tertiary/aromatic N) is 1. The molecule has 0 aromatic heterocycles. The molecule has 132 valence electrons. The average molecular weight is 359 g/mol. The molecule has 0 bridgehead atoms. The first-order valence-corrected chi connectivity index (χ1v) is 10.0. The van der Waals surface area contributed by atoms with E-state index in [9.17, 15) is 18.3 Å². The molecule has 1 aliphatic heterocycles. The van der Waals surface area contributed by atoms with Gasteiger partial charge >= 0.3 is 0 Å². The molecule has 1 N–H and O–H groups in total. The molecule has 1 heterocycles. The second-order valence-electron chi connectivity index (χ2n) is 6.48. The van der Waals surface area contributed by atoms with Crippen LogP contribution in [0, 0.1) is 6.92 Å². The Morgan fingerprint density at radius 2 is 1.92 bits per heavy atom. The topological polar surface area (TPSA) is 74.7 Å². The van der Waals surface area contributed by atoms with Crippen LogP contribution in [0.5, 0.6) is 5.75 Å². The SMILES string of the molecule is Cc1ccc(O)c(N(C(=O)Cc2ccccc2)C2CCS(=O)(=O)C2)c1. The highest BCUT2D eigenvalue weighted by Crippen LogP contribution is 2.33. The van der Waals surface area contributed by atoms with Crippen molar-refractivity contribution < 1.29 is 18.3 Å². The van der Waals surface area contributed by atoms with E-state index in [0.29, 0.717) is 12.1 Å². The summed E-state index contributed by atoms with van der Waals surface area (Å²) in [7, 11) is -3.15. The molecule has 1 unspecified atom stereocenters. The minimum absolute atomic E-state index is 0.0173. The van der Waals surface area contributed by atoms with Gasteiger partial charge in [-0.3, -0.25) is 4.79 Å². The normalized spacial score (nSPS) is 18.8. The molecular formula is C19H21NO4S. The minimum Gasteiger partial charge on any atom is -0.506 e. The standard InChI is InChI=1S/C19H21NO4S/c1-14-7-8-18(21)17(11-14)20(16-9-10-25(23,24)13-16)19(22)12-15-5-3-2-4-6-15/h2-8,11,16,21H,9-10,12-13H2,1H3. The second kappa shape index (κ2) is 6.88. The van der Waals surface area contributed by atoms with E-state index < -0.39 is 15.9 Å². The summed E-state index contributed by atoms with van der Waals surface area (Å²) in [6.45, 7) is 1.87. The first-order valence-electron chi connectivity index (χ1n) is 8.22. The Morgan fingerprint density at radius 3 is 2.56 bits per heavy atom. The van der Waals surface area contributed by atoms with Crippen molar-refractivity contribution in [3.63, 3.8) is 0 Å². The fraction of sp³-hybridized carbons (Fsp3) is 0.316. The minimum atomic E-state index is -3.15. The Hall–Kier alpha value is -2.34. The molecular weight excluding hydrogens is 338 g/mol. The van der Waals surface area contributed by atoms with Crippen LogP contribution in [0.4, 0.5) is 5.69 Å². The summed E-state index contributed by atoms with van der Waals surface area (Å²) in [6, 6.07) is 13.9. The zero-order chi connectivity index (χ0) is 18.0. The fourth-order valence-electron chi connectivity index (χ4n) is 3.20. The second-order valence-corrected chi connectivity index (χ2v) is 8.70.